The zero-order chi connectivity index (χ0) is 19.2. The van der Waals surface area contributed by atoms with Gasteiger partial charge >= 0.3 is 0 Å². The number of amides is 2. The van der Waals surface area contributed by atoms with E-state index in [-0.39, 0.29) is 18.2 Å². The Morgan fingerprint density at radius 3 is 2.78 bits per heavy atom. The Labute approximate surface area is 159 Å². The van der Waals surface area contributed by atoms with Crippen LogP contribution >= 0.6 is 0 Å². The second-order valence-electron chi connectivity index (χ2n) is 6.91. The summed E-state index contributed by atoms with van der Waals surface area (Å²) in [5, 5.41) is 2.88. The van der Waals surface area contributed by atoms with Crippen LogP contribution in [0.2, 0.25) is 0 Å². The third kappa shape index (κ3) is 5.10. The van der Waals surface area contributed by atoms with Gasteiger partial charge in [-0.15, -0.1) is 0 Å². The van der Waals surface area contributed by atoms with Crippen molar-refractivity contribution in [2.75, 3.05) is 20.1 Å². The highest BCUT2D eigenvalue weighted by atomic mass is 16.2. The van der Waals surface area contributed by atoms with Crippen molar-refractivity contribution in [3.8, 4) is 0 Å². The van der Waals surface area contributed by atoms with Crippen molar-refractivity contribution in [2.45, 2.75) is 32.5 Å². The van der Waals surface area contributed by atoms with Gasteiger partial charge < -0.3 is 10.2 Å². The number of rotatable bonds is 6. The molecule has 0 aliphatic carbocycles. The second kappa shape index (κ2) is 8.73. The van der Waals surface area contributed by atoms with Gasteiger partial charge in [-0.05, 0) is 12.5 Å². The zero-order valence-corrected chi connectivity index (χ0v) is 15.8. The summed E-state index contributed by atoms with van der Waals surface area (Å²) < 4.78 is 0. The lowest BCUT2D eigenvalue weighted by Crippen LogP contribution is -2.56. The fourth-order valence-corrected chi connectivity index (χ4v) is 3.17. The van der Waals surface area contributed by atoms with Gasteiger partial charge in [0.05, 0.1) is 30.9 Å². The fourth-order valence-electron chi connectivity index (χ4n) is 3.17. The molecule has 1 saturated heterocycles. The van der Waals surface area contributed by atoms with Crippen LogP contribution < -0.4 is 5.32 Å². The van der Waals surface area contributed by atoms with Crippen LogP contribution in [0.15, 0.2) is 42.9 Å². The van der Waals surface area contributed by atoms with E-state index in [1.54, 1.807) is 30.5 Å². The molecule has 1 atom stereocenters. The van der Waals surface area contributed by atoms with Crippen LogP contribution in [0.3, 0.4) is 0 Å². The highest BCUT2D eigenvalue weighted by Gasteiger charge is 2.32. The van der Waals surface area contributed by atoms with Gasteiger partial charge in [-0.2, -0.15) is 0 Å². The number of nitrogens with zero attached hydrogens (tertiary/aromatic N) is 4. The standard InChI is InChI=1S/C20H25N5O2/c1-15-3-5-16(6-4-15)13-25-10-9-23-20(27)18(25)11-19(26)24(2)14-17-12-21-7-8-22-17/h3-8,12,18H,9-11,13-14H2,1-2H3,(H,23,27). The molecule has 1 unspecified atom stereocenters. The molecule has 27 heavy (non-hydrogen) atoms. The lowest BCUT2D eigenvalue weighted by atomic mass is 10.1. The molecule has 7 heteroatoms. The Kier molecular flexibility index (Phi) is 6.13. The van der Waals surface area contributed by atoms with Crippen molar-refractivity contribution < 1.29 is 9.59 Å². The first-order valence-electron chi connectivity index (χ1n) is 9.09. The van der Waals surface area contributed by atoms with Gasteiger partial charge in [-0.25, -0.2) is 0 Å². The number of hydrogen-bond donors (Lipinski definition) is 1. The summed E-state index contributed by atoms with van der Waals surface area (Å²) in [5.74, 6) is -0.175. The normalized spacial score (nSPS) is 17.4. The molecule has 1 aromatic heterocycles. The number of aromatic nitrogens is 2. The quantitative estimate of drug-likeness (QED) is 0.828. The first kappa shape index (κ1) is 19.0. The molecule has 0 saturated carbocycles. The van der Waals surface area contributed by atoms with Crippen LogP contribution in [0.1, 0.15) is 23.2 Å². The molecule has 2 aromatic rings. The Morgan fingerprint density at radius 2 is 2.07 bits per heavy atom. The summed E-state index contributed by atoms with van der Waals surface area (Å²) in [6.07, 6.45) is 4.99. The van der Waals surface area contributed by atoms with Crippen molar-refractivity contribution in [1.29, 1.82) is 0 Å². The van der Waals surface area contributed by atoms with Gasteiger partial charge in [0.1, 0.15) is 0 Å². The molecule has 1 N–H and O–H groups in total. The van der Waals surface area contributed by atoms with E-state index in [9.17, 15) is 9.59 Å². The lowest BCUT2D eigenvalue weighted by molar-refractivity contribution is -0.138. The van der Waals surface area contributed by atoms with Gasteiger partial charge in [-0.3, -0.25) is 24.5 Å². The molecule has 142 valence electrons. The largest absolute Gasteiger partial charge is 0.353 e. The van der Waals surface area contributed by atoms with Crippen molar-refractivity contribution in [3.05, 3.63) is 59.7 Å². The maximum absolute atomic E-state index is 12.7. The number of piperazine rings is 1. The van der Waals surface area contributed by atoms with E-state index in [1.165, 1.54) is 5.56 Å². The minimum absolute atomic E-state index is 0.0865. The van der Waals surface area contributed by atoms with Gasteiger partial charge in [0.2, 0.25) is 11.8 Å². The molecule has 1 aliphatic heterocycles. The van der Waals surface area contributed by atoms with Gasteiger partial charge in [0, 0.05) is 39.1 Å². The summed E-state index contributed by atoms with van der Waals surface area (Å²) >= 11 is 0. The highest BCUT2D eigenvalue weighted by Crippen LogP contribution is 2.16. The van der Waals surface area contributed by atoms with E-state index in [4.69, 9.17) is 0 Å². The smallest absolute Gasteiger partial charge is 0.237 e. The van der Waals surface area contributed by atoms with Crippen LogP contribution in [-0.4, -0.2) is 57.8 Å². The summed E-state index contributed by atoms with van der Waals surface area (Å²) in [4.78, 5) is 37.0. The van der Waals surface area contributed by atoms with Crippen molar-refractivity contribution in [1.82, 2.24) is 25.1 Å². The Morgan fingerprint density at radius 1 is 1.30 bits per heavy atom. The third-order valence-corrected chi connectivity index (χ3v) is 4.76. The average molecular weight is 367 g/mol. The minimum Gasteiger partial charge on any atom is -0.353 e. The number of nitrogens with one attached hydrogen (secondary N) is 1. The van der Waals surface area contributed by atoms with E-state index in [0.29, 0.717) is 19.6 Å². The Hall–Kier alpha value is -2.80. The molecule has 3 rings (SSSR count). The lowest BCUT2D eigenvalue weighted by Gasteiger charge is -2.35. The van der Waals surface area contributed by atoms with Crippen molar-refractivity contribution in [3.63, 3.8) is 0 Å². The summed E-state index contributed by atoms with van der Waals surface area (Å²) in [5.41, 5.74) is 3.06. The maximum Gasteiger partial charge on any atom is 0.237 e. The third-order valence-electron chi connectivity index (χ3n) is 4.76. The first-order valence-corrected chi connectivity index (χ1v) is 9.09. The van der Waals surface area contributed by atoms with Crippen LogP contribution in [0, 0.1) is 6.92 Å². The summed E-state index contributed by atoms with van der Waals surface area (Å²) in [7, 11) is 1.72. The van der Waals surface area contributed by atoms with E-state index in [1.807, 2.05) is 6.92 Å². The molecule has 1 aromatic carbocycles. The average Bonchev–Trinajstić information content (AvgIpc) is 2.67. The number of aryl methyl sites for hydroxylation is 1. The topological polar surface area (TPSA) is 78.4 Å². The highest BCUT2D eigenvalue weighted by molar-refractivity contribution is 5.88. The van der Waals surface area contributed by atoms with Crippen LogP contribution in [0.25, 0.3) is 0 Å². The molecule has 7 nitrogen and oxygen atoms in total. The van der Waals surface area contributed by atoms with Crippen molar-refractivity contribution in [2.24, 2.45) is 0 Å². The van der Waals surface area contributed by atoms with Crippen LogP contribution in [-0.2, 0) is 22.7 Å². The second-order valence-corrected chi connectivity index (χ2v) is 6.91. The minimum atomic E-state index is -0.461. The van der Waals surface area contributed by atoms with Gasteiger partial charge in [0.15, 0.2) is 0 Å². The number of benzene rings is 1. The monoisotopic (exact) mass is 367 g/mol. The van der Waals surface area contributed by atoms with Crippen LogP contribution in [0.4, 0.5) is 0 Å². The number of hydrogen-bond acceptors (Lipinski definition) is 5. The number of carbonyl (C=O) groups is 2. The predicted molar refractivity (Wildman–Crippen MR) is 102 cm³/mol. The molecule has 1 fully saturated rings. The van der Waals surface area contributed by atoms with Crippen molar-refractivity contribution >= 4 is 11.8 Å². The molecular formula is C20H25N5O2. The predicted octanol–water partition coefficient (Wildman–Crippen LogP) is 1.13. The fraction of sp³-hybridized carbons (Fsp3) is 0.400. The Balaban J connectivity index is 1.64. The van der Waals surface area contributed by atoms with Gasteiger partial charge in [-0.1, -0.05) is 29.8 Å². The molecule has 0 bridgehead atoms. The molecular weight excluding hydrogens is 342 g/mol. The van der Waals surface area contributed by atoms with Gasteiger partial charge in [0.25, 0.3) is 0 Å². The molecule has 0 spiro atoms. The maximum atomic E-state index is 12.7. The zero-order valence-electron chi connectivity index (χ0n) is 15.8. The van der Waals surface area contributed by atoms with E-state index in [2.05, 4.69) is 44.5 Å². The molecule has 2 heterocycles. The van der Waals surface area contributed by atoms with E-state index in [0.717, 1.165) is 17.8 Å². The molecule has 1 aliphatic rings. The summed E-state index contributed by atoms with van der Waals surface area (Å²) in [6, 6.07) is 7.81. The molecule has 2 amide bonds. The van der Waals surface area contributed by atoms with E-state index < -0.39 is 6.04 Å². The number of carbonyl (C=O) groups excluding carboxylic acids is 2. The molecule has 0 radical (unpaired) electrons. The summed E-state index contributed by atoms with van der Waals surface area (Å²) in [6.45, 7) is 4.40. The SMILES string of the molecule is Cc1ccc(CN2CCNC(=O)C2CC(=O)N(C)Cc2cnccn2)cc1. The van der Waals surface area contributed by atoms with Crippen LogP contribution in [0.5, 0.6) is 0 Å². The van der Waals surface area contributed by atoms with E-state index >= 15 is 0 Å². The first-order chi connectivity index (χ1) is 13.0. The Bertz CT molecular complexity index is 779.